The summed E-state index contributed by atoms with van der Waals surface area (Å²) in [6.07, 6.45) is 11.8. The molecular formula is C17H25BrO3. The van der Waals surface area contributed by atoms with Crippen molar-refractivity contribution in [1.29, 1.82) is 0 Å². The lowest BCUT2D eigenvalue weighted by Crippen LogP contribution is -2.09. The van der Waals surface area contributed by atoms with Gasteiger partial charge in [0.1, 0.15) is 5.76 Å². The second-order valence-corrected chi connectivity index (χ2v) is 5.79. The van der Waals surface area contributed by atoms with E-state index in [9.17, 15) is 4.79 Å². The molecule has 0 aliphatic carbocycles. The molecule has 0 aliphatic heterocycles. The largest absolute Gasteiger partial charge is 0.486 e. The van der Waals surface area contributed by atoms with Crippen LogP contribution < -0.4 is 10.2 Å². The zero-order chi connectivity index (χ0) is 15.5. The first-order chi connectivity index (χ1) is 10.2. The lowest BCUT2D eigenvalue weighted by Gasteiger charge is -2.06. The van der Waals surface area contributed by atoms with Crippen molar-refractivity contribution in [2.75, 3.05) is 6.61 Å². The summed E-state index contributed by atoms with van der Waals surface area (Å²) in [5, 5.41) is 0. The first-order valence-electron chi connectivity index (χ1n) is 7.82. The number of hydrogen-bond acceptors (Lipinski definition) is 3. The Morgan fingerprint density at radius 2 is 1.95 bits per heavy atom. The predicted molar refractivity (Wildman–Crippen MR) is 90.9 cm³/mol. The maximum atomic E-state index is 12.0. The van der Waals surface area contributed by atoms with Crippen LogP contribution >= 0.6 is 15.9 Å². The fourth-order valence-electron chi connectivity index (χ4n) is 1.89. The molecule has 1 heterocycles. The fourth-order valence-corrected chi connectivity index (χ4v) is 2.38. The van der Waals surface area contributed by atoms with Gasteiger partial charge >= 0.3 is 0 Å². The molecule has 0 saturated carbocycles. The quantitative estimate of drug-likeness (QED) is 0.514. The van der Waals surface area contributed by atoms with Crippen LogP contribution in [0.2, 0.25) is 0 Å². The normalized spacial score (nSPS) is 11.2. The number of ether oxygens (including phenoxy) is 1. The molecule has 0 N–H and O–H groups in total. The lowest BCUT2D eigenvalue weighted by atomic mass is 10.1. The summed E-state index contributed by atoms with van der Waals surface area (Å²) in [7, 11) is 0. The van der Waals surface area contributed by atoms with Crippen LogP contribution in [0, 0.1) is 0 Å². The van der Waals surface area contributed by atoms with Crippen LogP contribution in [-0.2, 0) is 0 Å². The summed E-state index contributed by atoms with van der Waals surface area (Å²) in [5.41, 5.74) is -0.144. The highest BCUT2D eigenvalue weighted by atomic mass is 79.9. The molecular weight excluding hydrogens is 332 g/mol. The van der Waals surface area contributed by atoms with Gasteiger partial charge in [0, 0.05) is 6.07 Å². The van der Waals surface area contributed by atoms with Gasteiger partial charge < -0.3 is 9.15 Å². The van der Waals surface area contributed by atoms with E-state index in [0.717, 1.165) is 19.3 Å². The molecule has 0 saturated heterocycles. The average molecular weight is 357 g/mol. The van der Waals surface area contributed by atoms with Gasteiger partial charge in [-0.3, -0.25) is 4.79 Å². The van der Waals surface area contributed by atoms with Gasteiger partial charge in [0.15, 0.2) is 0 Å². The van der Waals surface area contributed by atoms with Crippen molar-refractivity contribution < 1.29 is 9.15 Å². The van der Waals surface area contributed by atoms with Gasteiger partial charge in [-0.2, -0.15) is 0 Å². The van der Waals surface area contributed by atoms with Gasteiger partial charge in [0.2, 0.25) is 15.8 Å². The van der Waals surface area contributed by atoms with Crippen LogP contribution in [0.25, 0.3) is 6.08 Å². The summed E-state index contributed by atoms with van der Waals surface area (Å²) in [4.78, 5) is 12.0. The molecule has 0 unspecified atom stereocenters. The molecule has 0 atom stereocenters. The van der Waals surface area contributed by atoms with E-state index >= 15 is 0 Å². The molecule has 0 bridgehead atoms. The molecule has 0 aliphatic rings. The van der Waals surface area contributed by atoms with Crippen molar-refractivity contribution in [1.82, 2.24) is 0 Å². The van der Waals surface area contributed by atoms with Gasteiger partial charge in [0.05, 0.1) is 6.61 Å². The number of allylic oxidation sites excluding steroid dienone is 1. The Morgan fingerprint density at radius 1 is 1.19 bits per heavy atom. The van der Waals surface area contributed by atoms with E-state index in [4.69, 9.17) is 9.15 Å². The summed E-state index contributed by atoms with van der Waals surface area (Å²) in [6.45, 7) is 4.81. The van der Waals surface area contributed by atoms with Crippen LogP contribution in [0.4, 0.5) is 0 Å². The second kappa shape index (κ2) is 10.7. The highest BCUT2D eigenvalue weighted by Crippen LogP contribution is 2.23. The number of unbranched alkanes of at least 4 members (excludes halogenated alkanes) is 5. The van der Waals surface area contributed by atoms with Gasteiger partial charge in [-0.15, -0.1) is 0 Å². The van der Waals surface area contributed by atoms with E-state index < -0.39 is 0 Å². The van der Waals surface area contributed by atoms with E-state index in [1.54, 1.807) is 0 Å². The summed E-state index contributed by atoms with van der Waals surface area (Å²) < 4.78 is 11.4. The SMILES string of the molecule is CCCCCCC=Cc1cc(=O)c(OCCCC)c(Br)o1. The van der Waals surface area contributed by atoms with E-state index in [0.29, 0.717) is 17.0 Å². The average Bonchev–Trinajstić information content (AvgIpc) is 2.45. The summed E-state index contributed by atoms with van der Waals surface area (Å²) in [5.74, 6) is 0.828. The van der Waals surface area contributed by atoms with E-state index in [-0.39, 0.29) is 11.2 Å². The molecule has 0 amide bonds. The Balaban J connectivity index is 2.57. The molecule has 118 valence electrons. The Hall–Kier alpha value is -1.03. The van der Waals surface area contributed by atoms with Gasteiger partial charge in [0.25, 0.3) is 0 Å². The van der Waals surface area contributed by atoms with E-state index in [2.05, 4.69) is 35.9 Å². The van der Waals surface area contributed by atoms with Crippen LogP contribution in [0.1, 0.15) is 64.6 Å². The maximum Gasteiger partial charge on any atom is 0.228 e. The third-order valence-electron chi connectivity index (χ3n) is 3.13. The summed E-state index contributed by atoms with van der Waals surface area (Å²) >= 11 is 3.27. The molecule has 0 radical (unpaired) electrons. The Bertz CT molecular complexity index is 491. The van der Waals surface area contributed by atoms with Crippen LogP contribution in [-0.4, -0.2) is 6.61 Å². The number of halogens is 1. The topological polar surface area (TPSA) is 39.4 Å². The first kappa shape index (κ1) is 18.0. The molecule has 1 aromatic rings. The third kappa shape index (κ3) is 6.98. The van der Waals surface area contributed by atoms with E-state index in [1.807, 2.05) is 6.08 Å². The van der Waals surface area contributed by atoms with Gasteiger partial charge in [-0.1, -0.05) is 45.6 Å². The minimum atomic E-state index is -0.144. The number of rotatable bonds is 10. The standard InChI is InChI=1S/C17H25BrO3/c1-3-5-7-8-9-10-11-14-13-15(19)16(17(18)21-14)20-12-6-4-2/h10-11,13H,3-9,12H2,1-2H3. The van der Waals surface area contributed by atoms with Crippen molar-refractivity contribution in [3.8, 4) is 5.75 Å². The molecule has 21 heavy (non-hydrogen) atoms. The molecule has 3 nitrogen and oxygen atoms in total. The monoisotopic (exact) mass is 356 g/mol. The van der Waals surface area contributed by atoms with Crippen LogP contribution in [0.3, 0.4) is 0 Å². The molecule has 1 rings (SSSR count). The van der Waals surface area contributed by atoms with E-state index in [1.165, 1.54) is 31.7 Å². The van der Waals surface area contributed by atoms with Gasteiger partial charge in [-0.05, 0) is 41.3 Å². The minimum absolute atomic E-state index is 0.144. The zero-order valence-corrected chi connectivity index (χ0v) is 14.6. The zero-order valence-electron chi connectivity index (χ0n) is 13.0. The Morgan fingerprint density at radius 3 is 2.62 bits per heavy atom. The highest BCUT2D eigenvalue weighted by molar-refractivity contribution is 9.10. The molecule has 4 heteroatoms. The van der Waals surface area contributed by atoms with Crippen molar-refractivity contribution in [3.05, 3.63) is 32.8 Å². The molecule has 0 fully saturated rings. The first-order valence-corrected chi connectivity index (χ1v) is 8.61. The van der Waals surface area contributed by atoms with Crippen molar-refractivity contribution in [2.24, 2.45) is 0 Å². The Kier molecular flexibility index (Phi) is 9.15. The van der Waals surface area contributed by atoms with Crippen molar-refractivity contribution in [3.63, 3.8) is 0 Å². The third-order valence-corrected chi connectivity index (χ3v) is 3.66. The van der Waals surface area contributed by atoms with Gasteiger partial charge in [-0.25, -0.2) is 0 Å². The molecule has 1 aromatic heterocycles. The second-order valence-electron chi connectivity index (χ2n) is 5.07. The molecule has 0 aromatic carbocycles. The van der Waals surface area contributed by atoms with Crippen molar-refractivity contribution >= 4 is 22.0 Å². The van der Waals surface area contributed by atoms with Crippen LogP contribution in [0.15, 0.2) is 26.0 Å². The molecule has 0 spiro atoms. The number of hydrogen-bond donors (Lipinski definition) is 0. The predicted octanol–water partition coefficient (Wildman–Crippen LogP) is 5.56. The highest BCUT2D eigenvalue weighted by Gasteiger charge is 2.10. The van der Waals surface area contributed by atoms with Crippen molar-refractivity contribution in [2.45, 2.75) is 58.8 Å². The Labute approximate surface area is 135 Å². The smallest absolute Gasteiger partial charge is 0.228 e. The minimum Gasteiger partial charge on any atom is -0.486 e. The van der Waals surface area contributed by atoms with Crippen LogP contribution in [0.5, 0.6) is 5.75 Å². The summed E-state index contributed by atoms with van der Waals surface area (Å²) in [6, 6.07) is 1.48. The lowest BCUT2D eigenvalue weighted by molar-refractivity contribution is 0.290. The maximum absolute atomic E-state index is 12.0. The fraction of sp³-hybridized carbons (Fsp3) is 0.588.